The summed E-state index contributed by atoms with van der Waals surface area (Å²) in [5, 5.41) is 2.86. The predicted octanol–water partition coefficient (Wildman–Crippen LogP) is 3.64. The van der Waals surface area contributed by atoms with Crippen LogP contribution in [-0.2, 0) is 14.3 Å². The van der Waals surface area contributed by atoms with Crippen LogP contribution in [0.4, 0.5) is 5.69 Å². The molecule has 0 heterocycles. The molecule has 0 unspecified atom stereocenters. The lowest BCUT2D eigenvalue weighted by atomic mass is 10.3. The molecule has 0 fully saturated rings. The highest BCUT2D eigenvalue weighted by atomic mass is 32.2. The molecule has 1 aromatic carbocycles. The monoisotopic (exact) mass is 307 g/mol. The van der Waals surface area contributed by atoms with Gasteiger partial charge in [-0.25, -0.2) is 4.79 Å². The Kier molecular flexibility index (Phi) is 8.28. The van der Waals surface area contributed by atoms with Crippen LogP contribution < -0.4 is 5.32 Å². The van der Waals surface area contributed by atoms with Crippen molar-refractivity contribution in [3.8, 4) is 0 Å². The molecular weight excluding hydrogens is 286 g/mol. The van der Waals surface area contributed by atoms with Gasteiger partial charge in [-0.2, -0.15) is 0 Å². The molecule has 0 aromatic heterocycles. The minimum atomic E-state index is -0.321. The fourth-order valence-electron chi connectivity index (χ4n) is 1.59. The summed E-state index contributed by atoms with van der Waals surface area (Å²) < 4.78 is 4.80. The van der Waals surface area contributed by atoms with Crippen LogP contribution in [0.5, 0.6) is 0 Å². The second kappa shape index (κ2) is 10.0. The highest BCUT2D eigenvalue weighted by Crippen LogP contribution is 2.21. The Bertz CT molecular complexity index is 500. The van der Waals surface area contributed by atoms with Gasteiger partial charge in [-0.3, -0.25) is 4.79 Å². The lowest BCUT2D eigenvalue weighted by molar-refractivity contribution is -0.137. The number of benzene rings is 1. The minimum Gasteiger partial charge on any atom is -0.463 e. The zero-order valence-electron chi connectivity index (χ0n) is 12.4. The molecule has 0 aliphatic heterocycles. The molecule has 0 saturated heterocycles. The molecule has 0 bridgehead atoms. The number of hydrogen-bond acceptors (Lipinski definition) is 4. The van der Waals surface area contributed by atoms with Crippen LogP contribution in [0, 0.1) is 0 Å². The summed E-state index contributed by atoms with van der Waals surface area (Å²) in [6.45, 7) is 4.14. The van der Waals surface area contributed by atoms with E-state index in [4.69, 9.17) is 4.74 Å². The van der Waals surface area contributed by atoms with E-state index in [0.29, 0.717) is 18.8 Å². The molecule has 114 valence electrons. The quantitative estimate of drug-likeness (QED) is 0.452. The Morgan fingerprint density at radius 3 is 2.86 bits per heavy atom. The number of anilines is 1. The minimum absolute atomic E-state index is 0.0295. The summed E-state index contributed by atoms with van der Waals surface area (Å²) in [5.41, 5.74) is 0.799. The van der Waals surface area contributed by atoms with Gasteiger partial charge in [0.2, 0.25) is 5.91 Å². The molecule has 5 heteroatoms. The van der Waals surface area contributed by atoms with E-state index in [9.17, 15) is 9.59 Å². The summed E-state index contributed by atoms with van der Waals surface area (Å²) in [4.78, 5) is 23.7. The third-order valence-electron chi connectivity index (χ3n) is 2.48. The SMILES string of the molecule is CCCC(=O)Nc1cccc(SC/C=C/C(=O)OCC)c1. The number of nitrogens with one attached hydrogen (secondary N) is 1. The number of ether oxygens (including phenoxy) is 1. The standard InChI is InChI=1S/C16H21NO3S/c1-3-7-15(18)17-13-8-5-9-14(12-13)21-11-6-10-16(19)20-4-2/h5-6,8-10,12H,3-4,7,11H2,1-2H3,(H,17,18)/b10-6+. The van der Waals surface area contributed by atoms with Crippen molar-refractivity contribution in [2.75, 3.05) is 17.7 Å². The Labute approximate surface area is 130 Å². The van der Waals surface area contributed by atoms with Crippen LogP contribution in [0.15, 0.2) is 41.3 Å². The topological polar surface area (TPSA) is 55.4 Å². The molecule has 0 atom stereocenters. The highest BCUT2D eigenvalue weighted by Gasteiger charge is 2.01. The lowest BCUT2D eigenvalue weighted by Gasteiger charge is -2.06. The van der Waals surface area contributed by atoms with Crippen LogP contribution >= 0.6 is 11.8 Å². The van der Waals surface area contributed by atoms with Crippen molar-refractivity contribution in [2.24, 2.45) is 0 Å². The van der Waals surface area contributed by atoms with Crippen molar-refractivity contribution in [2.45, 2.75) is 31.6 Å². The zero-order valence-corrected chi connectivity index (χ0v) is 13.2. The molecule has 1 N–H and O–H groups in total. The van der Waals surface area contributed by atoms with Gasteiger partial charge in [-0.1, -0.05) is 19.1 Å². The molecule has 21 heavy (non-hydrogen) atoms. The second-order valence-corrected chi connectivity index (χ2v) is 5.38. The van der Waals surface area contributed by atoms with Crippen LogP contribution in [0.3, 0.4) is 0 Å². The summed E-state index contributed by atoms with van der Waals surface area (Å²) in [6, 6.07) is 7.67. The first-order valence-electron chi connectivity index (χ1n) is 7.01. The maximum Gasteiger partial charge on any atom is 0.330 e. The van der Waals surface area contributed by atoms with Crippen LogP contribution in [-0.4, -0.2) is 24.2 Å². The van der Waals surface area contributed by atoms with E-state index in [2.05, 4.69) is 5.32 Å². The third-order valence-corrected chi connectivity index (χ3v) is 3.43. The maximum atomic E-state index is 11.5. The molecular formula is C16H21NO3S. The number of esters is 1. The van der Waals surface area contributed by atoms with Crippen LogP contribution in [0.1, 0.15) is 26.7 Å². The third kappa shape index (κ3) is 7.56. The molecule has 1 aromatic rings. The van der Waals surface area contributed by atoms with E-state index in [1.54, 1.807) is 24.8 Å². The summed E-state index contributed by atoms with van der Waals surface area (Å²) >= 11 is 1.59. The van der Waals surface area contributed by atoms with Gasteiger partial charge >= 0.3 is 5.97 Å². The smallest absolute Gasteiger partial charge is 0.330 e. The number of carbonyl (C=O) groups is 2. The van der Waals surface area contributed by atoms with Gasteiger partial charge < -0.3 is 10.1 Å². The van der Waals surface area contributed by atoms with Crippen molar-refractivity contribution in [3.63, 3.8) is 0 Å². The van der Waals surface area contributed by atoms with E-state index < -0.39 is 0 Å². The Morgan fingerprint density at radius 2 is 2.14 bits per heavy atom. The Balaban J connectivity index is 2.45. The molecule has 0 aliphatic rings. The van der Waals surface area contributed by atoms with Crippen LogP contribution in [0.2, 0.25) is 0 Å². The zero-order chi connectivity index (χ0) is 15.5. The van der Waals surface area contributed by atoms with E-state index in [-0.39, 0.29) is 11.9 Å². The van der Waals surface area contributed by atoms with E-state index in [0.717, 1.165) is 17.0 Å². The first-order chi connectivity index (χ1) is 10.2. The van der Waals surface area contributed by atoms with Gasteiger partial charge in [0.25, 0.3) is 0 Å². The van der Waals surface area contributed by atoms with E-state index in [1.165, 1.54) is 6.08 Å². The van der Waals surface area contributed by atoms with E-state index >= 15 is 0 Å². The predicted molar refractivity (Wildman–Crippen MR) is 86.5 cm³/mol. The number of hydrogen-bond donors (Lipinski definition) is 1. The highest BCUT2D eigenvalue weighted by molar-refractivity contribution is 7.99. The normalized spacial score (nSPS) is 10.6. The molecule has 1 amide bonds. The van der Waals surface area contributed by atoms with Gasteiger partial charge in [0.05, 0.1) is 6.61 Å². The fraction of sp³-hybridized carbons (Fsp3) is 0.375. The van der Waals surface area contributed by atoms with Crippen molar-refractivity contribution in [1.29, 1.82) is 0 Å². The van der Waals surface area contributed by atoms with Gasteiger partial charge in [-0.05, 0) is 31.5 Å². The summed E-state index contributed by atoms with van der Waals surface area (Å²) in [5.74, 6) is 0.381. The maximum absolute atomic E-state index is 11.5. The number of carbonyl (C=O) groups excluding carboxylic acids is 2. The average Bonchev–Trinajstić information content (AvgIpc) is 2.44. The van der Waals surface area contributed by atoms with Gasteiger partial charge in [-0.15, -0.1) is 11.8 Å². The molecule has 0 aliphatic carbocycles. The van der Waals surface area contributed by atoms with Crippen molar-refractivity contribution in [1.82, 2.24) is 0 Å². The van der Waals surface area contributed by atoms with E-state index in [1.807, 2.05) is 31.2 Å². The van der Waals surface area contributed by atoms with Crippen LogP contribution in [0.25, 0.3) is 0 Å². The molecule has 1 rings (SSSR count). The molecule has 0 saturated carbocycles. The number of amides is 1. The molecule has 4 nitrogen and oxygen atoms in total. The largest absolute Gasteiger partial charge is 0.463 e. The number of thioether (sulfide) groups is 1. The first-order valence-corrected chi connectivity index (χ1v) is 8.00. The summed E-state index contributed by atoms with van der Waals surface area (Å²) in [6.07, 6.45) is 4.56. The Hall–Kier alpha value is -1.75. The fourth-order valence-corrected chi connectivity index (χ4v) is 2.36. The van der Waals surface area contributed by atoms with Crippen molar-refractivity contribution in [3.05, 3.63) is 36.4 Å². The van der Waals surface area contributed by atoms with Gasteiger partial charge in [0.15, 0.2) is 0 Å². The second-order valence-electron chi connectivity index (χ2n) is 4.29. The average molecular weight is 307 g/mol. The first kappa shape index (κ1) is 17.3. The van der Waals surface area contributed by atoms with Crippen molar-refractivity contribution < 1.29 is 14.3 Å². The number of rotatable bonds is 8. The summed E-state index contributed by atoms with van der Waals surface area (Å²) in [7, 11) is 0. The molecule has 0 spiro atoms. The van der Waals surface area contributed by atoms with Gasteiger partial charge in [0.1, 0.15) is 0 Å². The molecule has 0 radical (unpaired) electrons. The Morgan fingerprint density at radius 1 is 1.33 bits per heavy atom. The lowest BCUT2D eigenvalue weighted by Crippen LogP contribution is -2.10. The van der Waals surface area contributed by atoms with Crippen molar-refractivity contribution >= 4 is 29.3 Å². The van der Waals surface area contributed by atoms with Gasteiger partial charge in [0, 0.05) is 28.8 Å².